The summed E-state index contributed by atoms with van der Waals surface area (Å²) in [5.41, 5.74) is 0.326. The number of aromatic amines is 1. The molecule has 0 spiro atoms. The number of rotatable bonds is 5. The van der Waals surface area contributed by atoms with Gasteiger partial charge in [-0.25, -0.2) is 4.98 Å². The Morgan fingerprint density at radius 1 is 1.48 bits per heavy atom. The second-order valence-electron chi connectivity index (χ2n) is 7.14. The lowest BCUT2D eigenvalue weighted by Crippen LogP contribution is -2.38. The minimum absolute atomic E-state index is 0.162. The largest absolute Gasteiger partial charge is 0.424 e. The van der Waals surface area contributed by atoms with Gasteiger partial charge in [-0.2, -0.15) is 5.26 Å². The van der Waals surface area contributed by atoms with Gasteiger partial charge in [0.1, 0.15) is 11.8 Å². The van der Waals surface area contributed by atoms with E-state index in [-0.39, 0.29) is 22.9 Å². The third-order valence-corrected chi connectivity index (χ3v) is 4.58. The first kappa shape index (κ1) is 18.7. The number of piperidine rings is 1. The fourth-order valence-electron chi connectivity index (χ4n) is 3.17. The highest BCUT2D eigenvalue weighted by molar-refractivity contribution is 5.92. The Balaban J connectivity index is 1.63. The predicted octanol–water partition coefficient (Wildman–Crippen LogP) is 2.29. The Labute approximate surface area is 157 Å². The number of nitrogens with zero attached hydrogens (tertiary/aromatic N) is 3. The molecule has 2 aromatic heterocycles. The lowest BCUT2D eigenvalue weighted by atomic mass is 9.96. The number of hydrogen-bond acceptors (Lipinski definition) is 6. The van der Waals surface area contributed by atoms with Crippen LogP contribution < -0.4 is 15.6 Å². The van der Waals surface area contributed by atoms with Gasteiger partial charge in [0.2, 0.25) is 22.9 Å². The maximum atomic E-state index is 12.4. The highest BCUT2D eigenvalue weighted by Gasteiger charge is 2.29. The fourth-order valence-corrected chi connectivity index (χ4v) is 3.17. The monoisotopic (exact) mass is 369 g/mol. The predicted molar refractivity (Wildman–Crippen MR) is 100 cm³/mol. The number of aromatic nitrogens is 2. The Morgan fingerprint density at radius 3 is 2.85 bits per heavy atom. The average Bonchev–Trinajstić information content (AvgIpc) is 3.06. The smallest absolute Gasteiger partial charge is 0.234 e. The number of pyridine rings is 1. The number of carbonyl (C=O) groups excluding carboxylic acids is 1. The van der Waals surface area contributed by atoms with Crippen molar-refractivity contribution in [1.82, 2.24) is 9.97 Å². The first-order valence-corrected chi connectivity index (χ1v) is 9.10. The molecule has 1 fully saturated rings. The second kappa shape index (κ2) is 8.08. The maximum absolute atomic E-state index is 12.4. The zero-order valence-corrected chi connectivity index (χ0v) is 15.5. The summed E-state index contributed by atoms with van der Waals surface area (Å²) in [5, 5.41) is 12.0. The van der Waals surface area contributed by atoms with E-state index in [4.69, 9.17) is 4.42 Å². The summed E-state index contributed by atoms with van der Waals surface area (Å²) < 4.78 is 5.81. The van der Waals surface area contributed by atoms with Crippen LogP contribution in [0.1, 0.15) is 38.3 Å². The summed E-state index contributed by atoms with van der Waals surface area (Å²) in [6, 6.07) is 3.47. The second-order valence-corrected chi connectivity index (χ2v) is 7.14. The molecule has 142 valence electrons. The Kier molecular flexibility index (Phi) is 5.60. The van der Waals surface area contributed by atoms with Gasteiger partial charge in [0.05, 0.1) is 0 Å². The molecule has 0 radical (unpaired) electrons. The number of carbonyl (C=O) groups is 1. The minimum atomic E-state index is -0.225. The van der Waals surface area contributed by atoms with Gasteiger partial charge in [-0.05, 0) is 18.8 Å². The lowest BCUT2D eigenvalue weighted by molar-refractivity contribution is -0.120. The summed E-state index contributed by atoms with van der Waals surface area (Å²) in [4.78, 5) is 33.2. The zero-order valence-electron chi connectivity index (χ0n) is 15.5. The van der Waals surface area contributed by atoms with Crippen LogP contribution in [0, 0.1) is 23.2 Å². The van der Waals surface area contributed by atoms with Crippen LogP contribution in [-0.4, -0.2) is 29.0 Å². The highest BCUT2D eigenvalue weighted by atomic mass is 16.4. The molecule has 0 saturated carbocycles. The topological polar surface area (TPSA) is 115 Å². The molecule has 2 aromatic rings. The molecule has 0 bridgehead atoms. The van der Waals surface area contributed by atoms with Gasteiger partial charge in [0.15, 0.2) is 5.89 Å². The molecule has 0 aliphatic carbocycles. The van der Waals surface area contributed by atoms with E-state index in [0.29, 0.717) is 55.7 Å². The molecule has 1 saturated heterocycles. The van der Waals surface area contributed by atoms with Crippen LogP contribution in [0.15, 0.2) is 27.7 Å². The molecule has 0 unspecified atom stereocenters. The van der Waals surface area contributed by atoms with Crippen molar-refractivity contribution in [1.29, 1.82) is 5.26 Å². The van der Waals surface area contributed by atoms with E-state index in [1.54, 1.807) is 0 Å². The molecule has 1 aliphatic heterocycles. The quantitative estimate of drug-likeness (QED) is 0.835. The molecule has 0 atom stereocenters. The summed E-state index contributed by atoms with van der Waals surface area (Å²) in [5.74, 6) is 1.10. The van der Waals surface area contributed by atoms with E-state index in [0.717, 1.165) is 0 Å². The van der Waals surface area contributed by atoms with E-state index in [9.17, 15) is 14.9 Å². The van der Waals surface area contributed by atoms with Gasteiger partial charge in [-0.3, -0.25) is 9.59 Å². The van der Waals surface area contributed by atoms with Crippen molar-refractivity contribution in [3.8, 4) is 6.07 Å². The van der Waals surface area contributed by atoms with Crippen LogP contribution in [0.4, 0.5) is 11.6 Å². The number of amides is 1. The van der Waals surface area contributed by atoms with Gasteiger partial charge in [-0.15, -0.1) is 0 Å². The van der Waals surface area contributed by atoms with Crippen molar-refractivity contribution >= 4 is 17.5 Å². The highest BCUT2D eigenvalue weighted by Crippen LogP contribution is 2.28. The van der Waals surface area contributed by atoms with Crippen molar-refractivity contribution in [3.05, 3.63) is 40.3 Å². The SMILES string of the molecule is CC(C)Cc1nc(C#N)c(N2CCC(C(=O)Nc3c[nH]ccc3=O)CC2)o1. The van der Waals surface area contributed by atoms with Gasteiger partial charge < -0.3 is 19.6 Å². The van der Waals surface area contributed by atoms with Gasteiger partial charge >= 0.3 is 0 Å². The molecular formula is C19H23N5O3. The van der Waals surface area contributed by atoms with Gasteiger partial charge in [0.25, 0.3) is 0 Å². The molecule has 1 aliphatic rings. The number of nitriles is 1. The number of hydrogen-bond donors (Lipinski definition) is 2. The van der Waals surface area contributed by atoms with E-state index < -0.39 is 0 Å². The summed E-state index contributed by atoms with van der Waals surface area (Å²) in [6.45, 7) is 5.32. The van der Waals surface area contributed by atoms with Crippen LogP contribution in [0.5, 0.6) is 0 Å². The average molecular weight is 369 g/mol. The van der Waals surface area contributed by atoms with E-state index in [1.807, 2.05) is 4.90 Å². The van der Waals surface area contributed by atoms with Crippen LogP contribution in [0.3, 0.4) is 0 Å². The molecule has 27 heavy (non-hydrogen) atoms. The van der Waals surface area contributed by atoms with E-state index in [2.05, 4.69) is 35.2 Å². The Bertz CT molecular complexity index is 901. The molecule has 0 aromatic carbocycles. The van der Waals surface area contributed by atoms with Crippen molar-refractivity contribution < 1.29 is 9.21 Å². The Morgan fingerprint density at radius 2 is 2.22 bits per heavy atom. The van der Waals surface area contributed by atoms with Crippen LogP contribution in [0.2, 0.25) is 0 Å². The third-order valence-electron chi connectivity index (χ3n) is 4.58. The lowest BCUT2D eigenvalue weighted by Gasteiger charge is -2.30. The van der Waals surface area contributed by atoms with Crippen molar-refractivity contribution in [2.45, 2.75) is 33.1 Å². The van der Waals surface area contributed by atoms with E-state index in [1.165, 1.54) is 18.5 Å². The van der Waals surface area contributed by atoms with Gasteiger partial charge in [0, 0.05) is 43.9 Å². The summed E-state index contributed by atoms with van der Waals surface area (Å²) >= 11 is 0. The first-order chi connectivity index (χ1) is 13.0. The third kappa shape index (κ3) is 4.37. The summed E-state index contributed by atoms with van der Waals surface area (Å²) in [6.07, 6.45) is 4.91. The molecule has 3 heterocycles. The van der Waals surface area contributed by atoms with E-state index >= 15 is 0 Å². The molecular weight excluding hydrogens is 346 g/mol. The zero-order chi connectivity index (χ0) is 19.4. The van der Waals surface area contributed by atoms with Crippen molar-refractivity contribution in [2.24, 2.45) is 11.8 Å². The van der Waals surface area contributed by atoms with Crippen LogP contribution >= 0.6 is 0 Å². The normalized spacial score (nSPS) is 15.0. The molecule has 2 N–H and O–H groups in total. The first-order valence-electron chi connectivity index (χ1n) is 9.10. The molecule has 8 nitrogen and oxygen atoms in total. The number of oxazole rings is 1. The van der Waals surface area contributed by atoms with Crippen molar-refractivity contribution in [2.75, 3.05) is 23.3 Å². The maximum Gasteiger partial charge on any atom is 0.234 e. The Hall–Kier alpha value is -3.08. The van der Waals surface area contributed by atoms with Gasteiger partial charge in [-0.1, -0.05) is 13.8 Å². The molecule has 1 amide bonds. The number of H-pyrrole nitrogens is 1. The standard InChI is InChI=1S/C19H23N5O3/c1-12(2)9-17-22-14(10-20)19(27-17)24-7-4-13(5-8-24)18(26)23-15-11-21-6-3-16(15)25/h3,6,11-13H,4-5,7-9H2,1-2H3,(H,21,25)(H,23,26). The molecule has 3 rings (SSSR count). The minimum Gasteiger partial charge on any atom is -0.424 e. The number of anilines is 2. The van der Waals surface area contributed by atoms with Crippen LogP contribution in [-0.2, 0) is 11.2 Å². The van der Waals surface area contributed by atoms with Crippen molar-refractivity contribution in [3.63, 3.8) is 0 Å². The van der Waals surface area contributed by atoms with Crippen LogP contribution in [0.25, 0.3) is 0 Å². The fraction of sp³-hybridized carbons (Fsp3) is 0.474. The number of nitrogens with one attached hydrogen (secondary N) is 2. The summed E-state index contributed by atoms with van der Waals surface area (Å²) in [7, 11) is 0. The molecule has 8 heteroatoms.